The standard InChI is InChI=1S/C39H49N7O6S2/c1-27(2)23-45(54(51,52)31-16-14-29(15-17-31)22-41-50)25-34(47)33(21-28-11-7-6-8-12-28)43-36(48)35(39(3,4)5)46-20-19-44(38(46)49)24-30-26-53-37(42-30)32-13-9-10-18-40-32/h6-18,26-27,33-35,47H,19-25H2,1-5H3,(H,43,48)/t33-,34+,35+/m0/s1. The molecule has 4 aromatic rings. The van der Waals surface area contributed by atoms with Crippen molar-refractivity contribution in [2.45, 2.75) is 77.2 Å². The van der Waals surface area contributed by atoms with Gasteiger partial charge >= 0.3 is 6.03 Å². The number of aromatic nitrogens is 2. The Hall–Kier alpha value is -4.57. The molecular weight excluding hydrogens is 727 g/mol. The average Bonchev–Trinajstić information content (AvgIpc) is 3.74. The van der Waals surface area contributed by atoms with Crippen molar-refractivity contribution in [1.82, 2.24) is 29.4 Å². The van der Waals surface area contributed by atoms with Crippen LogP contribution in [0.15, 0.2) is 94.4 Å². The predicted molar refractivity (Wildman–Crippen MR) is 209 cm³/mol. The van der Waals surface area contributed by atoms with Gasteiger partial charge in [-0.25, -0.2) is 18.2 Å². The Morgan fingerprint density at radius 1 is 1.00 bits per heavy atom. The number of carbonyl (C=O) groups excluding carboxylic acids is 2. The van der Waals surface area contributed by atoms with Gasteiger partial charge in [0.15, 0.2) is 0 Å². The van der Waals surface area contributed by atoms with E-state index in [1.807, 2.05) is 88.5 Å². The van der Waals surface area contributed by atoms with Crippen molar-refractivity contribution in [1.29, 1.82) is 0 Å². The fourth-order valence-electron chi connectivity index (χ4n) is 6.59. The molecule has 0 unspecified atom stereocenters. The number of aliphatic hydroxyl groups is 1. The SMILES string of the molecule is CC(C)CN(C[C@@H](O)[C@H](Cc1ccccc1)NC(=O)[C@@H](N1CCN(Cc2csc(-c3ccccn3)n2)C1=O)C(C)(C)C)S(=O)(=O)c1ccc(CN=O)cc1. The van der Waals surface area contributed by atoms with Crippen LogP contribution < -0.4 is 5.32 Å². The number of pyridine rings is 1. The molecule has 54 heavy (non-hydrogen) atoms. The van der Waals surface area contributed by atoms with Crippen LogP contribution in [0.25, 0.3) is 10.7 Å². The number of nitrogens with zero attached hydrogens (tertiary/aromatic N) is 6. The third-order valence-electron chi connectivity index (χ3n) is 9.15. The molecule has 0 radical (unpaired) electrons. The molecule has 5 rings (SSSR count). The Labute approximate surface area is 321 Å². The van der Waals surface area contributed by atoms with Gasteiger partial charge in [-0.2, -0.15) is 9.21 Å². The maximum Gasteiger partial charge on any atom is 0.321 e. The van der Waals surface area contributed by atoms with Gasteiger partial charge in [0, 0.05) is 37.8 Å². The summed E-state index contributed by atoms with van der Waals surface area (Å²) in [4.78, 5) is 51.4. The average molecular weight is 776 g/mol. The molecule has 3 amide bonds. The highest BCUT2D eigenvalue weighted by Gasteiger charge is 2.44. The van der Waals surface area contributed by atoms with Crippen molar-refractivity contribution in [3.63, 3.8) is 0 Å². The summed E-state index contributed by atoms with van der Waals surface area (Å²) in [5.74, 6) is -0.519. The molecule has 1 aliphatic rings. The number of aliphatic hydroxyl groups excluding tert-OH is 1. The first-order chi connectivity index (χ1) is 25.7. The largest absolute Gasteiger partial charge is 0.390 e. The number of benzene rings is 2. The first-order valence-electron chi connectivity index (χ1n) is 18.0. The molecule has 0 saturated carbocycles. The lowest BCUT2D eigenvalue weighted by Gasteiger charge is -2.38. The molecule has 0 bridgehead atoms. The van der Waals surface area contributed by atoms with Gasteiger partial charge in [0.1, 0.15) is 17.6 Å². The van der Waals surface area contributed by atoms with Gasteiger partial charge in [-0.15, -0.1) is 11.3 Å². The second kappa shape index (κ2) is 17.7. The Balaban J connectivity index is 1.36. The Kier molecular flexibility index (Phi) is 13.3. The van der Waals surface area contributed by atoms with E-state index in [1.165, 1.54) is 27.8 Å². The van der Waals surface area contributed by atoms with E-state index in [4.69, 9.17) is 4.98 Å². The van der Waals surface area contributed by atoms with E-state index < -0.39 is 39.5 Å². The van der Waals surface area contributed by atoms with E-state index in [0.29, 0.717) is 18.7 Å². The zero-order valence-corrected chi connectivity index (χ0v) is 33.0. The normalized spacial score (nSPS) is 15.4. The number of hydrogen-bond donors (Lipinski definition) is 2. The molecule has 15 heteroatoms. The predicted octanol–water partition coefficient (Wildman–Crippen LogP) is 5.56. The van der Waals surface area contributed by atoms with Gasteiger partial charge in [-0.05, 0) is 53.1 Å². The minimum absolute atomic E-state index is 0.0177. The molecule has 2 aromatic heterocycles. The zero-order valence-electron chi connectivity index (χ0n) is 31.3. The summed E-state index contributed by atoms with van der Waals surface area (Å²) >= 11 is 1.46. The lowest BCUT2D eigenvalue weighted by Crippen LogP contribution is -2.59. The minimum atomic E-state index is -4.08. The van der Waals surface area contributed by atoms with Crippen molar-refractivity contribution in [2.24, 2.45) is 16.5 Å². The Morgan fingerprint density at radius 3 is 2.33 bits per heavy atom. The number of thiazole rings is 1. The number of amides is 3. The summed E-state index contributed by atoms with van der Waals surface area (Å²) in [6.07, 6.45) is 0.612. The fraction of sp³-hybridized carbons (Fsp3) is 0.436. The molecule has 288 valence electrons. The zero-order chi connectivity index (χ0) is 39.0. The van der Waals surface area contributed by atoms with Crippen LogP contribution in [0.5, 0.6) is 0 Å². The number of carbonyl (C=O) groups is 2. The van der Waals surface area contributed by atoms with Crippen LogP contribution in [0.3, 0.4) is 0 Å². The van der Waals surface area contributed by atoms with E-state index in [1.54, 1.807) is 28.1 Å². The number of nitroso groups, excluding NO2 is 1. The number of sulfonamides is 1. The third kappa shape index (κ3) is 10.1. The van der Waals surface area contributed by atoms with Crippen molar-refractivity contribution in [3.8, 4) is 10.7 Å². The van der Waals surface area contributed by atoms with Gasteiger partial charge < -0.3 is 20.2 Å². The van der Waals surface area contributed by atoms with Gasteiger partial charge in [0.2, 0.25) is 15.9 Å². The molecule has 2 aromatic carbocycles. The van der Waals surface area contributed by atoms with E-state index >= 15 is 0 Å². The van der Waals surface area contributed by atoms with Crippen LogP contribution >= 0.6 is 11.3 Å². The number of hydrogen-bond acceptors (Lipinski definition) is 10. The van der Waals surface area contributed by atoms with Gasteiger partial charge in [0.05, 0.1) is 35.0 Å². The first kappa shape index (κ1) is 40.6. The molecule has 2 N–H and O–H groups in total. The first-order valence-corrected chi connectivity index (χ1v) is 20.3. The molecule has 1 saturated heterocycles. The smallest absolute Gasteiger partial charge is 0.321 e. The number of urea groups is 1. The molecule has 13 nitrogen and oxygen atoms in total. The fourth-order valence-corrected chi connectivity index (χ4v) is 9.00. The summed E-state index contributed by atoms with van der Waals surface area (Å²) < 4.78 is 29.1. The van der Waals surface area contributed by atoms with E-state index in [2.05, 4.69) is 15.5 Å². The molecule has 3 atom stereocenters. The van der Waals surface area contributed by atoms with Crippen molar-refractivity contribution >= 4 is 33.3 Å². The maximum absolute atomic E-state index is 14.4. The lowest BCUT2D eigenvalue weighted by atomic mass is 9.84. The summed E-state index contributed by atoms with van der Waals surface area (Å²) in [5, 5.41) is 20.4. The second-order valence-corrected chi connectivity index (χ2v) is 17.8. The highest BCUT2D eigenvalue weighted by molar-refractivity contribution is 7.89. The van der Waals surface area contributed by atoms with Crippen molar-refractivity contribution in [2.75, 3.05) is 26.2 Å². The van der Waals surface area contributed by atoms with Crippen LogP contribution in [0, 0.1) is 16.2 Å². The van der Waals surface area contributed by atoms with Crippen molar-refractivity contribution in [3.05, 3.63) is 106 Å². The van der Waals surface area contributed by atoms with Gasteiger partial charge in [-0.3, -0.25) is 9.78 Å². The quantitative estimate of drug-likeness (QED) is 0.132. The van der Waals surface area contributed by atoms with Crippen LogP contribution in [-0.2, 0) is 34.3 Å². The third-order valence-corrected chi connectivity index (χ3v) is 11.9. The van der Waals surface area contributed by atoms with Gasteiger partial charge in [0.25, 0.3) is 0 Å². The van der Waals surface area contributed by atoms with E-state index in [-0.39, 0.29) is 49.4 Å². The van der Waals surface area contributed by atoms with Crippen molar-refractivity contribution < 1.29 is 23.1 Å². The lowest BCUT2D eigenvalue weighted by molar-refractivity contribution is -0.130. The second-order valence-electron chi connectivity index (χ2n) is 15.0. The monoisotopic (exact) mass is 775 g/mol. The van der Waals surface area contributed by atoms with Crippen LogP contribution in [-0.4, -0.2) is 93.9 Å². The minimum Gasteiger partial charge on any atom is -0.390 e. The van der Waals surface area contributed by atoms with Gasteiger partial charge in [-0.1, -0.05) is 88.3 Å². The highest BCUT2D eigenvalue weighted by Crippen LogP contribution is 2.30. The van der Waals surface area contributed by atoms with Crippen LogP contribution in [0.1, 0.15) is 51.4 Å². The molecule has 0 aliphatic carbocycles. The Bertz CT molecular complexity index is 1970. The molecule has 3 heterocycles. The summed E-state index contributed by atoms with van der Waals surface area (Å²) in [5.41, 5.74) is 2.21. The topological polar surface area (TPSA) is 165 Å². The van der Waals surface area contributed by atoms with Crippen LogP contribution in [0.4, 0.5) is 4.79 Å². The Morgan fingerprint density at radius 2 is 1.70 bits per heavy atom. The molecular formula is C39H49N7O6S2. The summed E-state index contributed by atoms with van der Waals surface area (Å²) in [6.45, 7) is 10.2. The molecule has 1 aliphatic heterocycles. The maximum atomic E-state index is 14.4. The summed E-state index contributed by atoms with van der Waals surface area (Å²) in [7, 11) is -4.08. The van der Waals surface area contributed by atoms with Crippen LogP contribution in [0.2, 0.25) is 0 Å². The van der Waals surface area contributed by atoms with E-state index in [0.717, 1.165) is 22.0 Å². The number of nitrogens with one attached hydrogen (secondary N) is 1. The molecule has 0 spiro atoms. The summed E-state index contributed by atoms with van der Waals surface area (Å²) in [6, 6.07) is 18.8. The highest BCUT2D eigenvalue weighted by atomic mass is 32.2. The number of rotatable bonds is 17. The van der Waals surface area contributed by atoms with E-state index in [9.17, 15) is 28.0 Å². The molecule has 1 fully saturated rings.